The maximum Gasteiger partial charge on any atom is 0.321 e. The first kappa shape index (κ1) is 20.0. The van der Waals surface area contributed by atoms with Crippen molar-refractivity contribution in [3.05, 3.63) is 28.7 Å². The normalized spacial score (nSPS) is 10.2. The highest BCUT2D eigenvalue weighted by molar-refractivity contribution is 9.10. The minimum Gasteiger partial charge on any atom is -0.494 e. The number of imide groups is 1. The van der Waals surface area contributed by atoms with E-state index in [9.17, 15) is 14.4 Å². The van der Waals surface area contributed by atoms with Crippen molar-refractivity contribution in [2.75, 3.05) is 13.2 Å². The molecule has 0 saturated carbocycles. The second-order valence-electron chi connectivity index (χ2n) is 5.25. The molecule has 3 amide bonds. The maximum atomic E-state index is 11.5. The van der Waals surface area contributed by atoms with Gasteiger partial charge in [-0.25, -0.2) is 4.79 Å². The number of hydrogen-bond donors (Lipinski definition) is 2. The van der Waals surface area contributed by atoms with E-state index in [4.69, 9.17) is 9.47 Å². The van der Waals surface area contributed by atoms with Gasteiger partial charge in [-0.3, -0.25) is 14.9 Å². The molecular weight excluding hydrogens is 380 g/mol. The molecule has 0 aliphatic rings. The summed E-state index contributed by atoms with van der Waals surface area (Å²) in [7, 11) is 0. The van der Waals surface area contributed by atoms with Crippen molar-refractivity contribution in [2.24, 2.45) is 0 Å². The Kier molecular flexibility index (Phi) is 8.85. The zero-order chi connectivity index (χ0) is 17.9. The molecule has 0 heterocycles. The highest BCUT2D eigenvalue weighted by Gasteiger charge is 2.11. The molecule has 1 rings (SSSR count). The van der Waals surface area contributed by atoms with Crippen LogP contribution in [0.1, 0.15) is 26.7 Å². The van der Waals surface area contributed by atoms with Gasteiger partial charge in [-0.05, 0) is 38.5 Å². The van der Waals surface area contributed by atoms with Crippen molar-refractivity contribution in [2.45, 2.75) is 32.7 Å². The number of esters is 1. The Balaban J connectivity index is 2.13. The van der Waals surface area contributed by atoms with E-state index in [1.54, 1.807) is 13.8 Å². The predicted octanol–water partition coefficient (Wildman–Crippen LogP) is 2.39. The third-order valence-corrected chi connectivity index (χ3v) is 3.12. The average Bonchev–Trinajstić information content (AvgIpc) is 2.48. The standard InChI is InChI=1S/C16H21BrN2O5/c1-11(2)18-16(22)19-14(20)10-24-15(21)7-4-8-23-13-6-3-5-12(17)9-13/h3,5-6,9,11H,4,7-8,10H2,1-2H3,(H2,18,19,20,22). The highest BCUT2D eigenvalue weighted by atomic mass is 79.9. The Morgan fingerprint density at radius 3 is 2.67 bits per heavy atom. The molecule has 132 valence electrons. The summed E-state index contributed by atoms with van der Waals surface area (Å²) in [6.07, 6.45) is 0.584. The first-order valence-corrected chi connectivity index (χ1v) is 8.30. The Morgan fingerprint density at radius 1 is 1.25 bits per heavy atom. The lowest BCUT2D eigenvalue weighted by Gasteiger charge is -2.09. The number of carbonyl (C=O) groups excluding carboxylic acids is 3. The van der Waals surface area contributed by atoms with E-state index in [0.29, 0.717) is 18.8 Å². The number of halogens is 1. The van der Waals surface area contributed by atoms with E-state index in [1.165, 1.54) is 0 Å². The van der Waals surface area contributed by atoms with Crippen LogP contribution in [-0.4, -0.2) is 37.2 Å². The van der Waals surface area contributed by atoms with E-state index in [0.717, 1.165) is 4.47 Å². The molecule has 0 unspecified atom stereocenters. The summed E-state index contributed by atoms with van der Waals surface area (Å²) in [5.41, 5.74) is 0. The van der Waals surface area contributed by atoms with Gasteiger partial charge in [0, 0.05) is 16.9 Å². The SMILES string of the molecule is CC(C)NC(=O)NC(=O)COC(=O)CCCOc1cccc(Br)c1. The summed E-state index contributed by atoms with van der Waals surface area (Å²) in [6, 6.07) is 6.66. The Bertz CT molecular complexity index is 577. The van der Waals surface area contributed by atoms with Crippen molar-refractivity contribution in [3.63, 3.8) is 0 Å². The fraction of sp³-hybridized carbons (Fsp3) is 0.438. The van der Waals surface area contributed by atoms with Crippen molar-refractivity contribution < 1.29 is 23.9 Å². The Labute approximate surface area is 149 Å². The number of urea groups is 1. The van der Waals surface area contributed by atoms with Gasteiger partial charge >= 0.3 is 12.0 Å². The van der Waals surface area contributed by atoms with Gasteiger partial charge in [0.1, 0.15) is 5.75 Å². The van der Waals surface area contributed by atoms with E-state index < -0.39 is 24.5 Å². The third-order valence-electron chi connectivity index (χ3n) is 2.63. The summed E-state index contributed by atoms with van der Waals surface area (Å²) in [4.78, 5) is 34.2. The molecule has 8 heteroatoms. The molecule has 0 bridgehead atoms. The predicted molar refractivity (Wildman–Crippen MR) is 91.6 cm³/mol. The van der Waals surface area contributed by atoms with Gasteiger partial charge in [-0.2, -0.15) is 0 Å². The maximum absolute atomic E-state index is 11.5. The molecule has 0 aliphatic carbocycles. The molecule has 0 saturated heterocycles. The Morgan fingerprint density at radius 2 is 2.00 bits per heavy atom. The number of rotatable bonds is 8. The molecule has 0 aliphatic heterocycles. The van der Waals surface area contributed by atoms with Crippen molar-refractivity contribution in [3.8, 4) is 5.75 Å². The second-order valence-corrected chi connectivity index (χ2v) is 6.16. The monoisotopic (exact) mass is 400 g/mol. The van der Waals surface area contributed by atoms with Gasteiger partial charge in [0.15, 0.2) is 6.61 Å². The number of hydrogen-bond acceptors (Lipinski definition) is 5. The molecular formula is C16H21BrN2O5. The smallest absolute Gasteiger partial charge is 0.321 e. The molecule has 0 spiro atoms. The average molecular weight is 401 g/mol. The fourth-order valence-electron chi connectivity index (χ4n) is 1.64. The van der Waals surface area contributed by atoms with Gasteiger partial charge in [0.2, 0.25) is 0 Å². The topological polar surface area (TPSA) is 93.7 Å². The molecule has 0 atom stereocenters. The summed E-state index contributed by atoms with van der Waals surface area (Å²) in [6.45, 7) is 3.39. The first-order chi connectivity index (χ1) is 11.4. The molecule has 0 radical (unpaired) electrons. The minimum absolute atomic E-state index is 0.0920. The van der Waals surface area contributed by atoms with Gasteiger partial charge in [0.05, 0.1) is 6.61 Å². The lowest BCUT2D eigenvalue weighted by atomic mass is 10.3. The van der Waals surface area contributed by atoms with Crippen molar-refractivity contribution >= 4 is 33.8 Å². The van der Waals surface area contributed by atoms with Crippen LogP contribution in [0.3, 0.4) is 0 Å². The first-order valence-electron chi connectivity index (χ1n) is 7.51. The zero-order valence-corrected chi connectivity index (χ0v) is 15.2. The highest BCUT2D eigenvalue weighted by Crippen LogP contribution is 2.17. The number of ether oxygens (including phenoxy) is 2. The number of amides is 3. The lowest BCUT2D eigenvalue weighted by Crippen LogP contribution is -2.44. The van der Waals surface area contributed by atoms with Crippen LogP contribution in [0, 0.1) is 0 Å². The summed E-state index contributed by atoms with van der Waals surface area (Å²) in [5.74, 6) is -0.493. The minimum atomic E-state index is -0.674. The summed E-state index contributed by atoms with van der Waals surface area (Å²) in [5, 5.41) is 4.56. The molecule has 0 aromatic heterocycles. The van der Waals surface area contributed by atoms with E-state index in [-0.39, 0.29) is 12.5 Å². The lowest BCUT2D eigenvalue weighted by molar-refractivity contribution is -0.148. The van der Waals surface area contributed by atoms with Gasteiger partial charge in [-0.1, -0.05) is 22.0 Å². The summed E-state index contributed by atoms with van der Waals surface area (Å²) >= 11 is 3.34. The Hall–Kier alpha value is -2.09. The molecule has 24 heavy (non-hydrogen) atoms. The molecule has 7 nitrogen and oxygen atoms in total. The van der Waals surface area contributed by atoms with Gasteiger partial charge in [0.25, 0.3) is 5.91 Å². The number of benzene rings is 1. The van der Waals surface area contributed by atoms with Crippen molar-refractivity contribution in [1.82, 2.24) is 10.6 Å². The van der Waals surface area contributed by atoms with Crippen LogP contribution in [0.25, 0.3) is 0 Å². The van der Waals surface area contributed by atoms with E-state index in [1.807, 2.05) is 24.3 Å². The van der Waals surface area contributed by atoms with Crippen LogP contribution >= 0.6 is 15.9 Å². The third kappa shape index (κ3) is 9.14. The fourth-order valence-corrected chi connectivity index (χ4v) is 2.02. The van der Waals surface area contributed by atoms with Crippen LogP contribution in [0.5, 0.6) is 5.75 Å². The zero-order valence-electron chi connectivity index (χ0n) is 13.6. The van der Waals surface area contributed by atoms with Crippen LogP contribution in [-0.2, 0) is 14.3 Å². The molecule has 1 aromatic carbocycles. The van der Waals surface area contributed by atoms with Crippen LogP contribution in [0.2, 0.25) is 0 Å². The van der Waals surface area contributed by atoms with Gasteiger partial charge in [-0.15, -0.1) is 0 Å². The van der Waals surface area contributed by atoms with Gasteiger partial charge < -0.3 is 14.8 Å². The number of nitrogens with one attached hydrogen (secondary N) is 2. The quantitative estimate of drug-likeness (QED) is 0.516. The largest absolute Gasteiger partial charge is 0.494 e. The molecule has 1 aromatic rings. The van der Waals surface area contributed by atoms with E-state index in [2.05, 4.69) is 26.6 Å². The van der Waals surface area contributed by atoms with Crippen LogP contribution < -0.4 is 15.4 Å². The summed E-state index contributed by atoms with van der Waals surface area (Å²) < 4.78 is 11.2. The number of carbonyl (C=O) groups is 3. The second kappa shape index (κ2) is 10.6. The van der Waals surface area contributed by atoms with Crippen LogP contribution in [0.4, 0.5) is 4.79 Å². The van der Waals surface area contributed by atoms with Crippen LogP contribution in [0.15, 0.2) is 28.7 Å². The van der Waals surface area contributed by atoms with Crippen molar-refractivity contribution in [1.29, 1.82) is 0 Å². The molecule has 2 N–H and O–H groups in total. The molecule has 0 fully saturated rings. The van der Waals surface area contributed by atoms with E-state index >= 15 is 0 Å².